The van der Waals surface area contributed by atoms with Crippen LogP contribution in [0.15, 0.2) is 58.1 Å². The number of guanidine groups is 1. The molecule has 27 heavy (non-hydrogen) atoms. The zero-order chi connectivity index (χ0) is 19.1. The second-order valence-corrected chi connectivity index (χ2v) is 6.50. The van der Waals surface area contributed by atoms with Crippen molar-refractivity contribution < 1.29 is 4.42 Å². The maximum Gasteiger partial charge on any atom is 0.191 e. The average molecular weight is 365 g/mol. The van der Waals surface area contributed by atoms with E-state index in [2.05, 4.69) is 29.7 Å². The summed E-state index contributed by atoms with van der Waals surface area (Å²) in [5, 5.41) is 7.81. The van der Waals surface area contributed by atoms with Crippen molar-refractivity contribution in [3.8, 4) is 0 Å². The third-order valence-corrected chi connectivity index (χ3v) is 4.24. The van der Waals surface area contributed by atoms with Crippen molar-refractivity contribution in [1.29, 1.82) is 0 Å². The Kier molecular flexibility index (Phi) is 6.30. The van der Waals surface area contributed by atoms with Crippen molar-refractivity contribution in [2.45, 2.75) is 19.9 Å². The van der Waals surface area contributed by atoms with Gasteiger partial charge in [0.25, 0.3) is 0 Å². The van der Waals surface area contributed by atoms with E-state index in [1.165, 1.54) is 0 Å². The lowest BCUT2D eigenvalue weighted by Crippen LogP contribution is -2.38. The van der Waals surface area contributed by atoms with Gasteiger partial charge in [0.05, 0.1) is 18.3 Å². The number of hydrogen-bond acceptors (Lipinski definition) is 4. The molecular weight excluding hydrogens is 338 g/mol. The minimum Gasteiger partial charge on any atom is -0.469 e. The molecule has 0 atom stereocenters. The number of aliphatic imine (C=N–C) groups is 1. The summed E-state index contributed by atoms with van der Waals surface area (Å²) >= 11 is 0. The van der Waals surface area contributed by atoms with Crippen LogP contribution in [0.5, 0.6) is 0 Å². The molecule has 0 aliphatic rings. The third-order valence-electron chi connectivity index (χ3n) is 4.24. The number of rotatable bonds is 7. The van der Waals surface area contributed by atoms with Crippen molar-refractivity contribution in [3.63, 3.8) is 0 Å². The van der Waals surface area contributed by atoms with E-state index in [9.17, 15) is 0 Å². The molecular formula is C21H27N5O. The molecule has 0 aliphatic carbocycles. The Bertz CT molecular complexity index is 887. The zero-order valence-electron chi connectivity index (χ0n) is 16.2. The number of benzene rings is 1. The molecule has 142 valence electrons. The van der Waals surface area contributed by atoms with Crippen LogP contribution in [0, 0.1) is 0 Å². The molecule has 6 heteroatoms. The van der Waals surface area contributed by atoms with Gasteiger partial charge in [-0.25, -0.2) is 9.98 Å². The Morgan fingerprint density at radius 2 is 2.00 bits per heavy atom. The first-order valence-electron chi connectivity index (χ1n) is 9.28. The monoisotopic (exact) mass is 365 g/mol. The number of pyridine rings is 1. The zero-order valence-corrected chi connectivity index (χ0v) is 16.2. The molecule has 0 unspecified atom stereocenters. The van der Waals surface area contributed by atoms with Crippen molar-refractivity contribution in [2.24, 2.45) is 4.99 Å². The lowest BCUT2D eigenvalue weighted by Gasteiger charge is -2.15. The van der Waals surface area contributed by atoms with Gasteiger partial charge in [0.2, 0.25) is 0 Å². The highest BCUT2D eigenvalue weighted by Gasteiger charge is 2.07. The van der Waals surface area contributed by atoms with Gasteiger partial charge in [-0.1, -0.05) is 18.2 Å². The standard InChI is InChI=1S/C21H27N5O/c1-4-22-21(23-12-11-17-8-7-13-27-17)24-15-16-14-20(26(2)3)25-19-10-6-5-9-18(16)19/h5-10,13-14H,4,11-12,15H2,1-3H3,(H2,22,23,24). The summed E-state index contributed by atoms with van der Waals surface area (Å²) in [5.41, 5.74) is 2.15. The van der Waals surface area contributed by atoms with Crippen LogP contribution in [0.1, 0.15) is 18.2 Å². The van der Waals surface area contributed by atoms with Crippen LogP contribution < -0.4 is 15.5 Å². The third kappa shape index (κ3) is 5.00. The van der Waals surface area contributed by atoms with Gasteiger partial charge < -0.3 is 20.0 Å². The van der Waals surface area contributed by atoms with E-state index in [1.807, 2.05) is 49.3 Å². The smallest absolute Gasteiger partial charge is 0.191 e. The normalized spacial score (nSPS) is 11.6. The summed E-state index contributed by atoms with van der Waals surface area (Å²) in [4.78, 5) is 11.5. The molecule has 0 bridgehead atoms. The van der Waals surface area contributed by atoms with Gasteiger partial charge >= 0.3 is 0 Å². The van der Waals surface area contributed by atoms with Crippen LogP contribution in [0.2, 0.25) is 0 Å². The first-order chi connectivity index (χ1) is 13.2. The maximum absolute atomic E-state index is 5.38. The summed E-state index contributed by atoms with van der Waals surface area (Å²) in [6, 6.07) is 14.2. The summed E-state index contributed by atoms with van der Waals surface area (Å²) in [6.07, 6.45) is 2.52. The van der Waals surface area contributed by atoms with Crippen molar-refractivity contribution >= 4 is 22.7 Å². The molecule has 2 aromatic heterocycles. The van der Waals surface area contributed by atoms with Crippen LogP contribution in [0.3, 0.4) is 0 Å². The van der Waals surface area contributed by atoms with Gasteiger partial charge in [0.1, 0.15) is 11.6 Å². The van der Waals surface area contributed by atoms with Gasteiger partial charge in [-0.3, -0.25) is 0 Å². The Morgan fingerprint density at radius 1 is 1.15 bits per heavy atom. The highest BCUT2D eigenvalue weighted by molar-refractivity contribution is 5.85. The SMILES string of the molecule is CCNC(=NCc1cc(N(C)C)nc2ccccc12)NCCc1ccco1. The first-order valence-corrected chi connectivity index (χ1v) is 9.28. The molecule has 1 aromatic carbocycles. The molecule has 2 N–H and O–H groups in total. The summed E-state index contributed by atoms with van der Waals surface area (Å²) in [6.45, 7) is 4.22. The van der Waals surface area contributed by atoms with Crippen LogP contribution in [-0.4, -0.2) is 38.1 Å². The summed E-state index contributed by atoms with van der Waals surface area (Å²) < 4.78 is 5.38. The highest BCUT2D eigenvalue weighted by Crippen LogP contribution is 2.22. The number of para-hydroxylation sites is 1. The molecule has 3 aromatic rings. The van der Waals surface area contributed by atoms with Gasteiger partial charge in [0.15, 0.2) is 5.96 Å². The van der Waals surface area contributed by atoms with E-state index in [1.54, 1.807) is 6.26 Å². The molecule has 0 radical (unpaired) electrons. The van der Waals surface area contributed by atoms with Crippen LogP contribution in [-0.2, 0) is 13.0 Å². The van der Waals surface area contributed by atoms with E-state index in [0.29, 0.717) is 6.54 Å². The van der Waals surface area contributed by atoms with E-state index in [4.69, 9.17) is 14.4 Å². The number of nitrogens with zero attached hydrogens (tertiary/aromatic N) is 3. The predicted octanol–water partition coefficient (Wildman–Crippen LogP) is 3.19. The number of aromatic nitrogens is 1. The Balaban J connectivity index is 1.76. The quantitative estimate of drug-likeness (QED) is 0.497. The number of furan rings is 1. The van der Waals surface area contributed by atoms with Gasteiger partial charge in [0, 0.05) is 39.0 Å². The minimum atomic E-state index is 0.583. The molecule has 0 aliphatic heterocycles. The molecule has 0 amide bonds. The fraction of sp³-hybridized carbons (Fsp3) is 0.333. The highest BCUT2D eigenvalue weighted by atomic mass is 16.3. The molecule has 6 nitrogen and oxygen atoms in total. The molecule has 3 rings (SSSR count). The fourth-order valence-corrected chi connectivity index (χ4v) is 2.86. The topological polar surface area (TPSA) is 65.7 Å². The van der Waals surface area contributed by atoms with Crippen LogP contribution in [0.4, 0.5) is 5.82 Å². The van der Waals surface area contributed by atoms with Crippen molar-refractivity contribution in [2.75, 3.05) is 32.1 Å². The summed E-state index contributed by atoms with van der Waals surface area (Å²) in [7, 11) is 4.01. The van der Waals surface area contributed by atoms with E-state index in [0.717, 1.165) is 53.5 Å². The minimum absolute atomic E-state index is 0.583. The largest absolute Gasteiger partial charge is 0.469 e. The summed E-state index contributed by atoms with van der Waals surface area (Å²) in [5.74, 6) is 2.71. The number of anilines is 1. The van der Waals surface area contributed by atoms with Crippen LogP contribution >= 0.6 is 0 Å². The Hall–Kier alpha value is -3.02. The van der Waals surface area contributed by atoms with Crippen LogP contribution in [0.25, 0.3) is 10.9 Å². The van der Waals surface area contributed by atoms with Crippen molar-refractivity contribution in [3.05, 3.63) is 60.1 Å². The Labute approximate surface area is 160 Å². The predicted molar refractivity (Wildman–Crippen MR) is 111 cm³/mol. The maximum atomic E-state index is 5.38. The molecule has 2 heterocycles. The molecule has 0 fully saturated rings. The number of nitrogens with one attached hydrogen (secondary N) is 2. The van der Waals surface area contributed by atoms with E-state index < -0.39 is 0 Å². The molecule has 0 saturated carbocycles. The molecule has 0 spiro atoms. The van der Waals surface area contributed by atoms with Gasteiger partial charge in [-0.15, -0.1) is 0 Å². The second-order valence-electron chi connectivity index (χ2n) is 6.50. The van der Waals surface area contributed by atoms with Crippen molar-refractivity contribution in [1.82, 2.24) is 15.6 Å². The number of fused-ring (bicyclic) bond motifs is 1. The Morgan fingerprint density at radius 3 is 2.74 bits per heavy atom. The first kappa shape index (κ1) is 18.8. The molecule has 0 saturated heterocycles. The van der Waals surface area contributed by atoms with E-state index >= 15 is 0 Å². The average Bonchev–Trinajstić information content (AvgIpc) is 3.19. The van der Waals surface area contributed by atoms with E-state index in [-0.39, 0.29) is 0 Å². The fourth-order valence-electron chi connectivity index (χ4n) is 2.86. The lowest BCUT2D eigenvalue weighted by molar-refractivity contribution is 0.507. The number of hydrogen-bond donors (Lipinski definition) is 2. The van der Waals surface area contributed by atoms with Gasteiger partial charge in [-0.05, 0) is 36.8 Å². The lowest BCUT2D eigenvalue weighted by atomic mass is 10.1. The van der Waals surface area contributed by atoms with Gasteiger partial charge in [-0.2, -0.15) is 0 Å². The second kappa shape index (κ2) is 9.07.